The zero-order valence-electron chi connectivity index (χ0n) is 11.8. The Morgan fingerprint density at radius 2 is 2.10 bits per heavy atom. The fourth-order valence-electron chi connectivity index (χ4n) is 2.24. The number of hydrogen-bond acceptors (Lipinski definition) is 4. The number of carbonyl (C=O) groups is 2. The molecule has 1 atom stereocenters. The van der Waals surface area contributed by atoms with E-state index in [1.807, 2.05) is 6.07 Å². The number of benzene rings is 1. The first-order chi connectivity index (χ1) is 9.94. The highest BCUT2D eigenvalue weighted by molar-refractivity contribution is 5.84. The van der Waals surface area contributed by atoms with Gasteiger partial charge in [-0.3, -0.25) is 9.59 Å². The first-order valence-corrected chi connectivity index (χ1v) is 6.65. The number of amides is 2. The number of likely N-dealkylation sites (tertiary alicyclic amines) is 1. The van der Waals surface area contributed by atoms with Crippen molar-refractivity contribution in [2.24, 2.45) is 11.1 Å². The molecule has 1 aromatic carbocycles. The molecule has 0 radical (unpaired) electrons. The third-order valence-electron chi connectivity index (χ3n) is 3.77. The third kappa shape index (κ3) is 3.31. The highest BCUT2D eigenvalue weighted by Gasteiger charge is 2.40. The van der Waals surface area contributed by atoms with Gasteiger partial charge in [0.2, 0.25) is 5.91 Å². The Bertz CT molecular complexity index is 591. The van der Waals surface area contributed by atoms with Gasteiger partial charge in [-0.15, -0.1) is 0 Å². The highest BCUT2D eigenvalue weighted by Crippen LogP contribution is 2.29. The summed E-state index contributed by atoms with van der Waals surface area (Å²) in [6.07, 6.45) is 0.574. The number of ether oxygens (including phenoxy) is 1. The van der Waals surface area contributed by atoms with Crippen LogP contribution in [0.15, 0.2) is 24.3 Å². The Balaban J connectivity index is 1.88. The van der Waals surface area contributed by atoms with Crippen LogP contribution in [0.1, 0.15) is 18.9 Å². The quantitative estimate of drug-likeness (QED) is 0.879. The van der Waals surface area contributed by atoms with E-state index < -0.39 is 5.41 Å². The lowest BCUT2D eigenvalue weighted by atomic mass is 9.89. The zero-order chi connectivity index (χ0) is 15.5. The Labute approximate surface area is 123 Å². The second-order valence-corrected chi connectivity index (χ2v) is 5.42. The molecule has 6 heteroatoms. The second kappa shape index (κ2) is 5.83. The minimum Gasteiger partial charge on any atom is -0.484 e. The largest absolute Gasteiger partial charge is 0.484 e. The molecular formula is C15H17N3O3. The topological polar surface area (TPSA) is 96.4 Å². The van der Waals surface area contributed by atoms with Crippen molar-refractivity contribution in [1.82, 2.24) is 4.90 Å². The molecule has 110 valence electrons. The maximum Gasteiger partial charge on any atom is 0.260 e. The molecule has 1 aliphatic heterocycles. The van der Waals surface area contributed by atoms with E-state index in [4.69, 9.17) is 15.7 Å². The Morgan fingerprint density at radius 3 is 2.62 bits per heavy atom. The van der Waals surface area contributed by atoms with Crippen molar-refractivity contribution in [1.29, 1.82) is 5.26 Å². The maximum atomic E-state index is 12.0. The van der Waals surface area contributed by atoms with Crippen LogP contribution in [0.25, 0.3) is 0 Å². The Morgan fingerprint density at radius 1 is 1.43 bits per heavy atom. The molecule has 1 aliphatic rings. The molecule has 21 heavy (non-hydrogen) atoms. The normalized spacial score (nSPS) is 20.9. The summed E-state index contributed by atoms with van der Waals surface area (Å²) in [5, 5.41) is 8.69. The van der Waals surface area contributed by atoms with E-state index in [-0.39, 0.29) is 18.4 Å². The Hall–Kier alpha value is -2.55. The van der Waals surface area contributed by atoms with Crippen LogP contribution in [0.4, 0.5) is 0 Å². The number of nitriles is 1. The standard InChI is InChI=1S/C15H17N3O3/c1-15(14(17)20)6-7-18(10-15)13(19)9-21-12-4-2-11(8-16)3-5-12/h2-5H,6-7,9-10H2,1H3,(H2,17,20). The van der Waals surface area contributed by atoms with Crippen molar-refractivity contribution in [3.8, 4) is 11.8 Å². The molecule has 1 unspecified atom stereocenters. The van der Waals surface area contributed by atoms with Gasteiger partial charge in [0, 0.05) is 13.1 Å². The molecule has 0 spiro atoms. The number of primary amides is 1. The fourth-order valence-corrected chi connectivity index (χ4v) is 2.24. The number of nitrogens with two attached hydrogens (primary N) is 1. The molecule has 0 bridgehead atoms. The number of hydrogen-bond donors (Lipinski definition) is 1. The van der Waals surface area contributed by atoms with E-state index in [0.29, 0.717) is 30.8 Å². The molecule has 1 heterocycles. The summed E-state index contributed by atoms with van der Waals surface area (Å²) in [6, 6.07) is 8.54. The highest BCUT2D eigenvalue weighted by atomic mass is 16.5. The van der Waals surface area contributed by atoms with Crippen LogP contribution in [0.2, 0.25) is 0 Å². The van der Waals surface area contributed by atoms with Gasteiger partial charge in [0.25, 0.3) is 5.91 Å². The number of rotatable bonds is 4. The van der Waals surface area contributed by atoms with Gasteiger partial charge in [-0.2, -0.15) is 5.26 Å². The summed E-state index contributed by atoms with van der Waals surface area (Å²) >= 11 is 0. The van der Waals surface area contributed by atoms with Gasteiger partial charge < -0.3 is 15.4 Å². The predicted octanol–water partition coefficient (Wildman–Crippen LogP) is 0.661. The SMILES string of the molecule is CC1(C(N)=O)CCN(C(=O)COc2ccc(C#N)cc2)C1. The van der Waals surface area contributed by atoms with Crippen LogP contribution in [-0.2, 0) is 9.59 Å². The Kier molecular flexibility index (Phi) is 4.13. The van der Waals surface area contributed by atoms with Crippen molar-refractivity contribution >= 4 is 11.8 Å². The maximum absolute atomic E-state index is 12.0. The molecule has 1 aromatic rings. The van der Waals surface area contributed by atoms with Crippen LogP contribution in [-0.4, -0.2) is 36.4 Å². The summed E-state index contributed by atoms with van der Waals surface area (Å²) in [5.74, 6) is -0.0330. The summed E-state index contributed by atoms with van der Waals surface area (Å²) in [5.41, 5.74) is 5.24. The van der Waals surface area contributed by atoms with Crippen LogP contribution < -0.4 is 10.5 Å². The summed E-state index contributed by atoms with van der Waals surface area (Å²) < 4.78 is 5.39. The average Bonchev–Trinajstić information content (AvgIpc) is 2.89. The van der Waals surface area contributed by atoms with Gasteiger partial charge >= 0.3 is 0 Å². The second-order valence-electron chi connectivity index (χ2n) is 5.42. The molecule has 0 aromatic heterocycles. The van der Waals surface area contributed by atoms with Gasteiger partial charge in [0.15, 0.2) is 6.61 Å². The summed E-state index contributed by atoms with van der Waals surface area (Å²) in [4.78, 5) is 25.0. The molecule has 6 nitrogen and oxygen atoms in total. The van der Waals surface area contributed by atoms with E-state index in [1.54, 1.807) is 36.1 Å². The van der Waals surface area contributed by atoms with E-state index in [1.165, 1.54) is 0 Å². The van der Waals surface area contributed by atoms with E-state index in [9.17, 15) is 9.59 Å². The summed E-state index contributed by atoms with van der Waals surface area (Å²) in [7, 11) is 0. The summed E-state index contributed by atoms with van der Waals surface area (Å²) in [6.45, 7) is 2.51. The van der Waals surface area contributed by atoms with Crippen molar-refractivity contribution in [2.75, 3.05) is 19.7 Å². The lowest BCUT2D eigenvalue weighted by molar-refractivity contribution is -0.133. The third-order valence-corrected chi connectivity index (χ3v) is 3.77. The van der Waals surface area contributed by atoms with Crippen LogP contribution >= 0.6 is 0 Å². The van der Waals surface area contributed by atoms with Crippen LogP contribution in [0, 0.1) is 16.7 Å². The smallest absolute Gasteiger partial charge is 0.260 e. The monoisotopic (exact) mass is 287 g/mol. The molecule has 1 saturated heterocycles. The minimum atomic E-state index is -0.649. The lowest BCUT2D eigenvalue weighted by Gasteiger charge is -2.21. The van der Waals surface area contributed by atoms with Crippen molar-refractivity contribution in [2.45, 2.75) is 13.3 Å². The molecule has 0 saturated carbocycles. The van der Waals surface area contributed by atoms with Gasteiger partial charge in [-0.25, -0.2) is 0 Å². The molecule has 1 fully saturated rings. The number of nitrogens with zero attached hydrogens (tertiary/aromatic N) is 2. The van der Waals surface area contributed by atoms with E-state index >= 15 is 0 Å². The average molecular weight is 287 g/mol. The molecule has 2 amide bonds. The lowest BCUT2D eigenvalue weighted by Crippen LogP contribution is -2.40. The predicted molar refractivity (Wildman–Crippen MR) is 75.2 cm³/mol. The van der Waals surface area contributed by atoms with Gasteiger partial charge in [0.05, 0.1) is 17.0 Å². The van der Waals surface area contributed by atoms with Crippen molar-refractivity contribution < 1.29 is 14.3 Å². The molecular weight excluding hydrogens is 270 g/mol. The first kappa shape index (κ1) is 14.9. The minimum absolute atomic E-state index is 0.0965. The first-order valence-electron chi connectivity index (χ1n) is 6.65. The zero-order valence-corrected chi connectivity index (χ0v) is 11.8. The number of carbonyl (C=O) groups excluding carboxylic acids is 2. The fraction of sp³-hybridized carbons (Fsp3) is 0.400. The van der Waals surface area contributed by atoms with E-state index in [0.717, 1.165) is 0 Å². The van der Waals surface area contributed by atoms with Gasteiger partial charge in [-0.05, 0) is 37.6 Å². The van der Waals surface area contributed by atoms with Crippen molar-refractivity contribution in [3.05, 3.63) is 29.8 Å². The van der Waals surface area contributed by atoms with Crippen molar-refractivity contribution in [3.63, 3.8) is 0 Å². The van der Waals surface area contributed by atoms with Gasteiger partial charge in [-0.1, -0.05) is 0 Å². The molecule has 2 rings (SSSR count). The molecule has 0 aliphatic carbocycles. The van der Waals surface area contributed by atoms with E-state index in [2.05, 4.69) is 0 Å². The van der Waals surface area contributed by atoms with Crippen LogP contribution in [0.3, 0.4) is 0 Å². The van der Waals surface area contributed by atoms with Crippen LogP contribution in [0.5, 0.6) is 5.75 Å². The van der Waals surface area contributed by atoms with Gasteiger partial charge in [0.1, 0.15) is 5.75 Å². The molecule has 2 N–H and O–H groups in total.